The lowest BCUT2D eigenvalue weighted by atomic mass is 10.5. The summed E-state index contributed by atoms with van der Waals surface area (Å²) in [5.41, 5.74) is 0.748. The molecule has 0 aromatic carbocycles. The maximum absolute atomic E-state index is 4.83. The third-order valence-corrected chi connectivity index (χ3v) is 1.46. The number of nitrogens with zero attached hydrogens (tertiary/aromatic N) is 4. The van der Waals surface area contributed by atoms with Crippen LogP contribution in [0.5, 0.6) is 0 Å². The molecule has 1 atom stereocenters. The van der Waals surface area contributed by atoms with Crippen LogP contribution < -0.4 is 4.41 Å². The van der Waals surface area contributed by atoms with Crippen molar-refractivity contribution in [2.45, 2.75) is 0 Å². The largest absolute Gasteiger partial charge is 0.455 e. The Morgan fingerprint density at radius 1 is 1.50 bits per heavy atom. The molecule has 1 aliphatic heterocycles. The van der Waals surface area contributed by atoms with Crippen molar-refractivity contribution in [3.8, 4) is 0 Å². The van der Waals surface area contributed by atoms with Crippen LogP contribution in [0.15, 0.2) is 22.9 Å². The maximum Gasteiger partial charge on any atom is 0.245 e. The Hall–Kier alpha value is -1.01. The Bertz CT molecular complexity index is 285. The molecule has 1 aromatic rings. The number of hydrogen-bond donors (Lipinski definition) is 1. The summed E-state index contributed by atoms with van der Waals surface area (Å²) in [6.07, 6.45) is 3.04. The van der Waals surface area contributed by atoms with Crippen molar-refractivity contribution in [3.63, 3.8) is 0 Å². The van der Waals surface area contributed by atoms with Crippen LogP contribution in [0.25, 0.3) is 0 Å². The molecule has 5 nitrogen and oxygen atoms in total. The van der Waals surface area contributed by atoms with E-state index in [0.29, 0.717) is 10.2 Å². The highest BCUT2D eigenvalue weighted by Gasteiger charge is 2.15. The molecule has 0 saturated carbocycles. The summed E-state index contributed by atoms with van der Waals surface area (Å²) in [7, 11) is 0. The average molecular weight is 153 g/mol. The third kappa shape index (κ3) is 0.695. The van der Waals surface area contributed by atoms with E-state index in [1.54, 1.807) is 6.20 Å². The van der Waals surface area contributed by atoms with E-state index in [1.807, 2.05) is 0 Å². The fraction of sp³-hybridized carbons (Fsp3) is 0. The number of aromatic nitrogens is 2. The predicted octanol–water partition coefficient (Wildman–Crippen LogP) is -0.533. The van der Waals surface area contributed by atoms with Crippen LogP contribution in [0, 0.1) is 0 Å². The van der Waals surface area contributed by atoms with Gasteiger partial charge in [-0.2, -0.15) is 0 Å². The molecule has 0 aliphatic carbocycles. The van der Waals surface area contributed by atoms with Gasteiger partial charge in [-0.3, -0.25) is 4.41 Å². The lowest BCUT2D eigenvalue weighted by Gasteiger charge is -2.05. The highest BCUT2D eigenvalue weighted by molar-refractivity contribution is 7.51. The smallest absolute Gasteiger partial charge is 0.245 e. The van der Waals surface area contributed by atoms with E-state index < -0.39 is 0 Å². The molecule has 0 saturated heterocycles. The zero-order valence-electron chi connectivity index (χ0n) is 4.85. The molecule has 1 aliphatic rings. The highest BCUT2D eigenvalue weighted by atomic mass is 32.1. The molecule has 50 valence electrons. The van der Waals surface area contributed by atoms with Crippen LogP contribution in [-0.2, 0) is 12.8 Å². The van der Waals surface area contributed by atoms with Gasteiger partial charge in [0.15, 0.2) is 0 Å². The molecule has 1 aromatic heterocycles. The Morgan fingerprint density at radius 3 is 3.20 bits per heavy atom. The standard InChI is InChI=1S/C4H3N5S/c10-9-3-1-5-2-6-4(3)7-8-9/h1-2,9H. The van der Waals surface area contributed by atoms with Gasteiger partial charge in [0.05, 0.1) is 6.20 Å². The summed E-state index contributed by atoms with van der Waals surface area (Å²) in [6, 6.07) is 0. The van der Waals surface area contributed by atoms with Gasteiger partial charge < -0.3 is 12.8 Å². The average Bonchev–Trinajstić information content (AvgIpc) is 2.34. The highest BCUT2D eigenvalue weighted by Crippen LogP contribution is 2.18. The molecular formula is C4H3N5S. The van der Waals surface area contributed by atoms with Crippen LogP contribution in [-0.4, -0.2) is 9.97 Å². The van der Waals surface area contributed by atoms with Gasteiger partial charge in [0.25, 0.3) is 0 Å². The third-order valence-electron chi connectivity index (χ3n) is 1.16. The summed E-state index contributed by atoms with van der Waals surface area (Å²) >= 11 is 4.83. The lowest BCUT2D eigenvalue weighted by Crippen LogP contribution is -2.95. The van der Waals surface area contributed by atoms with Crippen LogP contribution in [0.4, 0.5) is 11.5 Å². The molecule has 0 spiro atoms. The second-order valence-electron chi connectivity index (χ2n) is 1.77. The summed E-state index contributed by atoms with van der Waals surface area (Å²) in [5.74, 6) is 0.569. The van der Waals surface area contributed by atoms with Gasteiger partial charge in [-0.05, 0) is 0 Å². The molecular weight excluding hydrogens is 150 g/mol. The minimum absolute atomic E-state index is 0.468. The summed E-state index contributed by atoms with van der Waals surface area (Å²) in [5, 5.41) is 7.37. The molecule has 2 rings (SSSR count). The number of quaternary nitrogens is 1. The minimum atomic E-state index is 0.468. The van der Waals surface area contributed by atoms with E-state index in [-0.39, 0.29) is 0 Å². The Kier molecular flexibility index (Phi) is 1.15. The van der Waals surface area contributed by atoms with Gasteiger partial charge in [-0.15, -0.1) is 0 Å². The molecule has 1 unspecified atom stereocenters. The minimum Gasteiger partial charge on any atom is -0.455 e. The second kappa shape index (κ2) is 1.99. The van der Waals surface area contributed by atoms with E-state index in [4.69, 9.17) is 12.8 Å². The van der Waals surface area contributed by atoms with Crippen molar-refractivity contribution in [2.24, 2.45) is 10.3 Å². The van der Waals surface area contributed by atoms with Crippen molar-refractivity contribution >= 4 is 24.3 Å². The molecule has 0 radical (unpaired) electrons. The van der Waals surface area contributed by atoms with Gasteiger partial charge in [-0.25, -0.2) is 9.97 Å². The fourth-order valence-corrected chi connectivity index (χ4v) is 0.885. The van der Waals surface area contributed by atoms with Crippen LogP contribution in [0.1, 0.15) is 0 Å². The SMILES string of the molecule is [S-][NH+]1N=Nc2ncncc21. The number of fused-ring (bicyclic) bond motifs is 1. The Morgan fingerprint density at radius 2 is 2.40 bits per heavy atom. The van der Waals surface area contributed by atoms with Crippen molar-refractivity contribution in [1.29, 1.82) is 0 Å². The first-order chi connectivity index (χ1) is 4.88. The van der Waals surface area contributed by atoms with Gasteiger partial charge in [0.1, 0.15) is 6.33 Å². The van der Waals surface area contributed by atoms with Crippen LogP contribution in [0.2, 0.25) is 0 Å². The molecule has 10 heavy (non-hydrogen) atoms. The molecule has 0 amide bonds. The normalized spacial score (nSPS) is 21.1. The van der Waals surface area contributed by atoms with E-state index in [2.05, 4.69) is 20.3 Å². The number of hydrogen-bond acceptors (Lipinski definition) is 5. The first-order valence-electron chi connectivity index (χ1n) is 2.64. The second-order valence-corrected chi connectivity index (χ2v) is 2.15. The fourth-order valence-electron chi connectivity index (χ4n) is 0.700. The van der Waals surface area contributed by atoms with Gasteiger partial charge in [0, 0.05) is 5.22 Å². The van der Waals surface area contributed by atoms with Crippen molar-refractivity contribution in [2.75, 3.05) is 0 Å². The van der Waals surface area contributed by atoms with E-state index in [1.165, 1.54) is 6.33 Å². The van der Waals surface area contributed by atoms with Crippen LogP contribution >= 0.6 is 0 Å². The quantitative estimate of drug-likeness (QED) is 0.510. The van der Waals surface area contributed by atoms with Crippen molar-refractivity contribution in [1.82, 2.24) is 9.97 Å². The van der Waals surface area contributed by atoms with Crippen molar-refractivity contribution < 1.29 is 4.41 Å². The zero-order chi connectivity index (χ0) is 6.97. The molecule has 0 fully saturated rings. The van der Waals surface area contributed by atoms with Crippen molar-refractivity contribution in [3.05, 3.63) is 12.5 Å². The molecule has 0 bridgehead atoms. The lowest BCUT2D eigenvalue weighted by molar-refractivity contribution is -0.684. The monoisotopic (exact) mass is 153 g/mol. The molecule has 1 N–H and O–H groups in total. The maximum atomic E-state index is 4.83. The van der Waals surface area contributed by atoms with Crippen LogP contribution in [0.3, 0.4) is 0 Å². The zero-order valence-corrected chi connectivity index (χ0v) is 5.67. The molecule has 6 heteroatoms. The number of nitrogens with one attached hydrogen (secondary N) is 1. The van der Waals surface area contributed by atoms with Gasteiger partial charge >= 0.3 is 0 Å². The predicted molar refractivity (Wildman–Crippen MR) is 34.5 cm³/mol. The van der Waals surface area contributed by atoms with E-state index in [0.717, 1.165) is 5.69 Å². The topological polar surface area (TPSA) is 54.9 Å². The Labute approximate surface area is 62.3 Å². The molecule has 2 heterocycles. The Balaban J connectivity index is 2.59. The number of rotatable bonds is 0. The summed E-state index contributed by atoms with van der Waals surface area (Å²) in [4.78, 5) is 7.64. The van der Waals surface area contributed by atoms with E-state index in [9.17, 15) is 0 Å². The first-order valence-corrected chi connectivity index (χ1v) is 3.05. The van der Waals surface area contributed by atoms with Gasteiger partial charge in [0.2, 0.25) is 11.5 Å². The summed E-state index contributed by atoms with van der Waals surface area (Å²) < 4.78 is 0.468. The van der Waals surface area contributed by atoms with E-state index >= 15 is 0 Å². The summed E-state index contributed by atoms with van der Waals surface area (Å²) in [6.45, 7) is 0. The van der Waals surface area contributed by atoms with Gasteiger partial charge in [-0.1, -0.05) is 5.11 Å². The first kappa shape index (κ1) is 5.75.